The third-order valence-corrected chi connectivity index (χ3v) is 2.72. The summed E-state index contributed by atoms with van der Waals surface area (Å²) >= 11 is 0. The number of aryl methyl sites for hydroxylation is 2. The number of furan rings is 1. The molecule has 0 unspecified atom stereocenters. The number of carbonyl (C=O) groups excluding carboxylic acids is 1. The van der Waals surface area contributed by atoms with Crippen molar-refractivity contribution in [2.24, 2.45) is 0 Å². The van der Waals surface area contributed by atoms with Gasteiger partial charge in [-0.1, -0.05) is 6.07 Å². The zero-order valence-corrected chi connectivity index (χ0v) is 10.4. The number of hydrogen-bond acceptors (Lipinski definition) is 2. The molecular formula is C15H15NO2. The van der Waals surface area contributed by atoms with Crippen molar-refractivity contribution in [1.29, 1.82) is 0 Å². The smallest absolute Gasteiger partial charge is 0.248 e. The van der Waals surface area contributed by atoms with Gasteiger partial charge in [0.05, 0.1) is 6.26 Å². The van der Waals surface area contributed by atoms with Crippen LogP contribution in [-0.2, 0) is 4.79 Å². The molecule has 1 N–H and O–H groups in total. The van der Waals surface area contributed by atoms with Crippen molar-refractivity contribution in [3.8, 4) is 0 Å². The van der Waals surface area contributed by atoms with Crippen LogP contribution in [0.4, 0.5) is 5.69 Å². The number of anilines is 1. The third-order valence-electron chi connectivity index (χ3n) is 2.72. The fourth-order valence-corrected chi connectivity index (χ4v) is 1.55. The highest BCUT2D eigenvalue weighted by atomic mass is 16.3. The summed E-state index contributed by atoms with van der Waals surface area (Å²) in [5.74, 6) is 0.486. The lowest BCUT2D eigenvalue weighted by molar-refractivity contribution is -0.111. The Kier molecular flexibility index (Phi) is 3.63. The van der Waals surface area contributed by atoms with Crippen LogP contribution >= 0.6 is 0 Å². The molecule has 0 atom stereocenters. The lowest BCUT2D eigenvalue weighted by Crippen LogP contribution is -2.07. The maximum absolute atomic E-state index is 11.7. The maximum Gasteiger partial charge on any atom is 0.248 e. The molecule has 0 spiro atoms. The van der Waals surface area contributed by atoms with Crippen LogP contribution in [0, 0.1) is 13.8 Å². The molecule has 18 heavy (non-hydrogen) atoms. The van der Waals surface area contributed by atoms with Gasteiger partial charge in [0.25, 0.3) is 0 Å². The summed E-state index contributed by atoms with van der Waals surface area (Å²) in [6.07, 6.45) is 4.66. The molecule has 0 radical (unpaired) electrons. The Labute approximate surface area is 106 Å². The molecule has 0 aliphatic carbocycles. The Morgan fingerprint density at radius 2 is 2.06 bits per heavy atom. The van der Waals surface area contributed by atoms with Gasteiger partial charge in [-0.2, -0.15) is 0 Å². The highest BCUT2D eigenvalue weighted by Crippen LogP contribution is 2.14. The van der Waals surface area contributed by atoms with E-state index in [0.717, 1.165) is 11.3 Å². The first-order chi connectivity index (χ1) is 8.65. The number of rotatable bonds is 3. The summed E-state index contributed by atoms with van der Waals surface area (Å²) < 4.78 is 5.10. The van der Waals surface area contributed by atoms with E-state index < -0.39 is 0 Å². The molecule has 0 saturated heterocycles. The molecule has 3 nitrogen and oxygen atoms in total. The number of benzene rings is 1. The van der Waals surface area contributed by atoms with E-state index in [-0.39, 0.29) is 5.91 Å². The van der Waals surface area contributed by atoms with Crippen LogP contribution in [0.1, 0.15) is 16.9 Å². The Morgan fingerprint density at radius 3 is 2.72 bits per heavy atom. The van der Waals surface area contributed by atoms with Gasteiger partial charge in [-0.25, -0.2) is 0 Å². The van der Waals surface area contributed by atoms with Gasteiger partial charge in [-0.15, -0.1) is 0 Å². The molecule has 0 bridgehead atoms. The molecule has 2 aromatic rings. The molecule has 0 aliphatic rings. The third kappa shape index (κ3) is 3.10. The van der Waals surface area contributed by atoms with E-state index in [1.807, 2.05) is 32.0 Å². The van der Waals surface area contributed by atoms with Gasteiger partial charge in [-0.05, 0) is 55.3 Å². The zero-order chi connectivity index (χ0) is 13.0. The molecule has 1 amide bonds. The first-order valence-corrected chi connectivity index (χ1v) is 5.75. The van der Waals surface area contributed by atoms with Crippen LogP contribution in [-0.4, -0.2) is 5.91 Å². The predicted octanol–water partition coefficient (Wildman–Crippen LogP) is 3.55. The lowest BCUT2D eigenvalue weighted by atomic mass is 10.1. The van der Waals surface area contributed by atoms with Crippen molar-refractivity contribution in [3.63, 3.8) is 0 Å². The minimum atomic E-state index is -0.172. The second-order valence-corrected chi connectivity index (χ2v) is 4.14. The summed E-state index contributed by atoms with van der Waals surface area (Å²) in [6, 6.07) is 9.40. The Morgan fingerprint density at radius 1 is 1.22 bits per heavy atom. The van der Waals surface area contributed by atoms with Crippen molar-refractivity contribution in [1.82, 2.24) is 0 Å². The second-order valence-electron chi connectivity index (χ2n) is 4.14. The van der Waals surface area contributed by atoms with E-state index in [9.17, 15) is 4.79 Å². The van der Waals surface area contributed by atoms with Crippen molar-refractivity contribution in [2.45, 2.75) is 13.8 Å². The van der Waals surface area contributed by atoms with Gasteiger partial charge < -0.3 is 9.73 Å². The Hall–Kier alpha value is -2.29. The summed E-state index contributed by atoms with van der Waals surface area (Å²) in [7, 11) is 0. The van der Waals surface area contributed by atoms with Crippen LogP contribution in [0.3, 0.4) is 0 Å². The molecular weight excluding hydrogens is 226 g/mol. The van der Waals surface area contributed by atoms with Gasteiger partial charge in [0, 0.05) is 11.8 Å². The first kappa shape index (κ1) is 12.2. The molecule has 0 fully saturated rings. The van der Waals surface area contributed by atoms with Crippen LogP contribution in [0.5, 0.6) is 0 Å². The molecule has 0 aliphatic heterocycles. The molecule has 2 rings (SSSR count). The van der Waals surface area contributed by atoms with Crippen molar-refractivity contribution in [2.75, 3.05) is 5.32 Å². The topological polar surface area (TPSA) is 42.2 Å². The largest absolute Gasteiger partial charge is 0.465 e. The monoisotopic (exact) mass is 241 g/mol. The molecule has 0 saturated carbocycles. The molecule has 92 valence electrons. The average Bonchev–Trinajstić information content (AvgIpc) is 2.84. The number of amides is 1. The standard InChI is InChI=1S/C15H15NO2/c1-11-5-6-13(10-12(11)2)16-15(17)8-7-14-4-3-9-18-14/h3-10H,1-2H3,(H,16,17)/b8-7-. The fourth-order valence-electron chi connectivity index (χ4n) is 1.55. The van der Waals surface area contributed by atoms with Gasteiger partial charge in [-0.3, -0.25) is 4.79 Å². The van der Waals surface area contributed by atoms with Crippen molar-refractivity contribution in [3.05, 3.63) is 59.6 Å². The second kappa shape index (κ2) is 5.36. The first-order valence-electron chi connectivity index (χ1n) is 5.75. The van der Waals surface area contributed by atoms with E-state index in [0.29, 0.717) is 5.76 Å². The van der Waals surface area contributed by atoms with Crippen LogP contribution in [0.2, 0.25) is 0 Å². The maximum atomic E-state index is 11.7. The summed E-state index contributed by atoms with van der Waals surface area (Å²) in [5.41, 5.74) is 3.16. The SMILES string of the molecule is Cc1ccc(NC(=O)/C=C\c2ccco2)cc1C. The zero-order valence-electron chi connectivity index (χ0n) is 10.4. The fraction of sp³-hybridized carbons (Fsp3) is 0.133. The van der Waals surface area contributed by atoms with E-state index in [1.165, 1.54) is 11.6 Å². The molecule has 1 aromatic carbocycles. The minimum absolute atomic E-state index is 0.172. The van der Waals surface area contributed by atoms with Crippen LogP contribution in [0.15, 0.2) is 47.1 Å². The van der Waals surface area contributed by atoms with Gasteiger partial charge >= 0.3 is 0 Å². The lowest BCUT2D eigenvalue weighted by Gasteiger charge is -2.05. The van der Waals surface area contributed by atoms with Crippen LogP contribution in [0.25, 0.3) is 6.08 Å². The van der Waals surface area contributed by atoms with Gasteiger partial charge in [0.1, 0.15) is 5.76 Å². The summed E-state index contributed by atoms with van der Waals surface area (Å²) in [6.45, 7) is 4.06. The van der Waals surface area contributed by atoms with Gasteiger partial charge in [0.15, 0.2) is 0 Å². The molecule has 1 aromatic heterocycles. The van der Waals surface area contributed by atoms with E-state index >= 15 is 0 Å². The Balaban J connectivity index is 2.01. The molecule has 1 heterocycles. The quantitative estimate of drug-likeness (QED) is 0.835. The van der Waals surface area contributed by atoms with E-state index in [2.05, 4.69) is 5.32 Å². The highest BCUT2D eigenvalue weighted by Gasteiger charge is 2.00. The average molecular weight is 241 g/mol. The predicted molar refractivity (Wildman–Crippen MR) is 72.3 cm³/mol. The minimum Gasteiger partial charge on any atom is -0.465 e. The van der Waals surface area contributed by atoms with Crippen molar-refractivity contribution >= 4 is 17.7 Å². The normalized spacial score (nSPS) is 10.8. The van der Waals surface area contributed by atoms with Crippen molar-refractivity contribution < 1.29 is 9.21 Å². The highest BCUT2D eigenvalue weighted by molar-refractivity contribution is 6.01. The number of hydrogen-bond donors (Lipinski definition) is 1. The number of carbonyl (C=O) groups is 1. The van der Waals surface area contributed by atoms with E-state index in [4.69, 9.17) is 4.42 Å². The summed E-state index contributed by atoms with van der Waals surface area (Å²) in [5, 5.41) is 2.80. The van der Waals surface area contributed by atoms with Gasteiger partial charge in [0.2, 0.25) is 5.91 Å². The summed E-state index contributed by atoms with van der Waals surface area (Å²) in [4.78, 5) is 11.7. The van der Waals surface area contributed by atoms with E-state index in [1.54, 1.807) is 24.5 Å². The molecule has 3 heteroatoms. The Bertz CT molecular complexity index is 568. The van der Waals surface area contributed by atoms with Crippen LogP contribution < -0.4 is 5.32 Å². The number of nitrogens with one attached hydrogen (secondary N) is 1.